The van der Waals surface area contributed by atoms with Crippen LogP contribution in [0.4, 0.5) is 0 Å². The molecule has 2 N–H and O–H groups in total. The van der Waals surface area contributed by atoms with E-state index in [1.54, 1.807) is 0 Å². The van der Waals surface area contributed by atoms with Gasteiger partial charge in [0.05, 0.1) is 20.3 Å². The molecule has 0 saturated carbocycles. The third-order valence-electron chi connectivity index (χ3n) is 3.36. The summed E-state index contributed by atoms with van der Waals surface area (Å²) < 4.78 is 15.9. The number of hydrogen-bond acceptors (Lipinski definition) is 6. The van der Waals surface area contributed by atoms with Gasteiger partial charge in [-0.15, -0.1) is 0 Å². The first-order valence-corrected chi connectivity index (χ1v) is 7.18. The molecule has 1 aromatic rings. The Hall–Kier alpha value is -1.79. The first-order chi connectivity index (χ1) is 10.2. The van der Waals surface area contributed by atoms with E-state index in [9.17, 15) is 4.79 Å². The molecule has 1 saturated heterocycles. The summed E-state index contributed by atoms with van der Waals surface area (Å²) in [5.74, 6) is 1.19. The highest BCUT2D eigenvalue weighted by molar-refractivity contribution is 5.76. The summed E-state index contributed by atoms with van der Waals surface area (Å²) in [5.41, 5.74) is 7.10. The van der Waals surface area contributed by atoms with Crippen molar-refractivity contribution in [1.29, 1.82) is 0 Å². The second-order valence-corrected chi connectivity index (χ2v) is 4.72. The maximum atomic E-state index is 11.5. The quantitative estimate of drug-likeness (QED) is 0.776. The summed E-state index contributed by atoms with van der Waals surface area (Å²) in [6, 6.07) is 5.53. The number of rotatable bonds is 6. The van der Waals surface area contributed by atoms with Gasteiger partial charge in [-0.3, -0.25) is 4.79 Å². The lowest BCUT2D eigenvalue weighted by Crippen LogP contribution is -2.36. The molecule has 1 aliphatic rings. The van der Waals surface area contributed by atoms with Gasteiger partial charge in [-0.25, -0.2) is 10.9 Å². The van der Waals surface area contributed by atoms with E-state index in [4.69, 9.17) is 14.2 Å². The first-order valence-electron chi connectivity index (χ1n) is 7.18. The molecule has 2 unspecified atom stereocenters. The predicted molar refractivity (Wildman–Crippen MR) is 78.2 cm³/mol. The highest BCUT2D eigenvalue weighted by Crippen LogP contribution is 2.33. The number of hydrazine groups is 1. The van der Waals surface area contributed by atoms with E-state index in [-0.39, 0.29) is 18.1 Å². The minimum absolute atomic E-state index is 0.0315. The molecule has 0 amide bonds. The van der Waals surface area contributed by atoms with Crippen molar-refractivity contribution in [2.45, 2.75) is 32.4 Å². The van der Waals surface area contributed by atoms with Crippen LogP contribution in [0, 0.1) is 0 Å². The van der Waals surface area contributed by atoms with Crippen molar-refractivity contribution in [3.63, 3.8) is 0 Å². The van der Waals surface area contributed by atoms with Crippen molar-refractivity contribution in [3.05, 3.63) is 23.8 Å². The summed E-state index contributed by atoms with van der Waals surface area (Å²) in [5, 5.41) is 0. The Morgan fingerprint density at radius 1 is 1.19 bits per heavy atom. The normalized spacial score (nSPS) is 21.1. The number of esters is 1. The Bertz CT molecular complexity index is 493. The van der Waals surface area contributed by atoms with E-state index < -0.39 is 0 Å². The highest BCUT2D eigenvalue weighted by Gasteiger charge is 2.31. The summed E-state index contributed by atoms with van der Waals surface area (Å²) in [7, 11) is 1.39. The molecule has 116 valence electrons. The van der Waals surface area contributed by atoms with Crippen molar-refractivity contribution in [2.75, 3.05) is 20.3 Å². The molecule has 0 spiro atoms. The van der Waals surface area contributed by atoms with Crippen LogP contribution in [0.15, 0.2) is 18.2 Å². The SMILES string of the molecule is CCOc1ccc(C2CC(C(=O)OC)NN2)cc1OCC. The van der Waals surface area contributed by atoms with E-state index in [0.29, 0.717) is 19.6 Å². The second-order valence-electron chi connectivity index (χ2n) is 4.72. The predicted octanol–water partition coefficient (Wildman–Crippen LogP) is 1.56. The Morgan fingerprint density at radius 2 is 1.90 bits per heavy atom. The van der Waals surface area contributed by atoms with E-state index in [2.05, 4.69) is 10.9 Å². The molecule has 2 rings (SSSR count). The largest absolute Gasteiger partial charge is 0.490 e. The third-order valence-corrected chi connectivity index (χ3v) is 3.36. The monoisotopic (exact) mass is 294 g/mol. The summed E-state index contributed by atoms with van der Waals surface area (Å²) >= 11 is 0. The van der Waals surface area contributed by atoms with E-state index in [1.807, 2.05) is 32.0 Å². The van der Waals surface area contributed by atoms with Gasteiger partial charge in [0.15, 0.2) is 11.5 Å². The van der Waals surface area contributed by atoms with Crippen LogP contribution in [0.5, 0.6) is 11.5 Å². The maximum Gasteiger partial charge on any atom is 0.324 e. The Kier molecular flexibility index (Phi) is 5.41. The van der Waals surface area contributed by atoms with Gasteiger partial charge in [-0.05, 0) is 38.0 Å². The fourth-order valence-corrected chi connectivity index (χ4v) is 2.36. The fraction of sp³-hybridized carbons (Fsp3) is 0.533. The van der Waals surface area contributed by atoms with Crippen molar-refractivity contribution in [3.8, 4) is 11.5 Å². The molecule has 0 radical (unpaired) electrons. The molecule has 1 aromatic carbocycles. The summed E-state index contributed by atoms with van der Waals surface area (Å²) in [6.07, 6.45) is 0.631. The van der Waals surface area contributed by atoms with Gasteiger partial charge in [0, 0.05) is 6.04 Å². The van der Waals surface area contributed by atoms with Crippen molar-refractivity contribution < 1.29 is 19.0 Å². The molecule has 21 heavy (non-hydrogen) atoms. The average Bonchev–Trinajstić information content (AvgIpc) is 2.98. The van der Waals surface area contributed by atoms with E-state index >= 15 is 0 Å². The Morgan fingerprint density at radius 3 is 2.57 bits per heavy atom. The molecule has 1 aliphatic heterocycles. The van der Waals surface area contributed by atoms with E-state index in [0.717, 1.165) is 17.1 Å². The minimum atomic E-state index is -0.331. The fourth-order valence-electron chi connectivity index (χ4n) is 2.36. The molecule has 0 aliphatic carbocycles. The van der Waals surface area contributed by atoms with Crippen LogP contribution in [-0.2, 0) is 9.53 Å². The van der Waals surface area contributed by atoms with Crippen molar-refractivity contribution in [1.82, 2.24) is 10.9 Å². The summed E-state index contributed by atoms with van der Waals surface area (Å²) in [6.45, 7) is 5.04. The molecule has 1 fully saturated rings. The number of carbonyl (C=O) groups is 1. The zero-order valence-electron chi connectivity index (χ0n) is 12.6. The average molecular weight is 294 g/mol. The van der Waals surface area contributed by atoms with Crippen LogP contribution in [0.2, 0.25) is 0 Å². The Labute approximate surface area is 124 Å². The van der Waals surface area contributed by atoms with Gasteiger partial charge in [-0.2, -0.15) is 0 Å². The van der Waals surface area contributed by atoms with Gasteiger partial charge >= 0.3 is 5.97 Å². The molecular weight excluding hydrogens is 272 g/mol. The molecule has 1 heterocycles. The highest BCUT2D eigenvalue weighted by atomic mass is 16.5. The molecule has 0 aromatic heterocycles. The van der Waals surface area contributed by atoms with Gasteiger partial charge in [-0.1, -0.05) is 6.07 Å². The number of ether oxygens (including phenoxy) is 3. The molecule has 6 heteroatoms. The summed E-state index contributed by atoms with van der Waals surface area (Å²) in [4.78, 5) is 11.5. The third kappa shape index (κ3) is 3.65. The number of hydrogen-bond donors (Lipinski definition) is 2. The van der Waals surface area contributed by atoms with Crippen LogP contribution in [0.25, 0.3) is 0 Å². The van der Waals surface area contributed by atoms with Crippen molar-refractivity contribution in [2.24, 2.45) is 0 Å². The number of methoxy groups -OCH3 is 1. The standard InChI is InChI=1S/C15H22N2O4/c1-4-20-13-7-6-10(8-14(13)21-5-2)11-9-12(17-16-11)15(18)19-3/h6-8,11-12,16-17H,4-5,9H2,1-3H3. The molecule has 6 nitrogen and oxygen atoms in total. The van der Waals surface area contributed by atoms with Crippen LogP contribution >= 0.6 is 0 Å². The van der Waals surface area contributed by atoms with Crippen LogP contribution in [0.3, 0.4) is 0 Å². The van der Waals surface area contributed by atoms with Gasteiger partial charge < -0.3 is 14.2 Å². The Balaban J connectivity index is 2.13. The molecule has 2 atom stereocenters. The van der Waals surface area contributed by atoms with Crippen LogP contribution in [0.1, 0.15) is 31.9 Å². The van der Waals surface area contributed by atoms with Gasteiger partial charge in [0.1, 0.15) is 6.04 Å². The van der Waals surface area contributed by atoms with E-state index in [1.165, 1.54) is 7.11 Å². The smallest absolute Gasteiger partial charge is 0.324 e. The zero-order chi connectivity index (χ0) is 15.2. The second kappa shape index (κ2) is 7.28. The maximum absolute atomic E-state index is 11.5. The zero-order valence-corrected chi connectivity index (χ0v) is 12.6. The topological polar surface area (TPSA) is 68.8 Å². The number of carbonyl (C=O) groups excluding carboxylic acids is 1. The van der Waals surface area contributed by atoms with Gasteiger partial charge in [0.25, 0.3) is 0 Å². The molecular formula is C15H22N2O4. The van der Waals surface area contributed by atoms with Gasteiger partial charge in [0.2, 0.25) is 0 Å². The first kappa shape index (κ1) is 15.6. The number of nitrogens with one attached hydrogen (secondary N) is 2. The lowest BCUT2D eigenvalue weighted by molar-refractivity contribution is -0.142. The van der Waals surface area contributed by atoms with Crippen molar-refractivity contribution >= 4 is 5.97 Å². The number of benzene rings is 1. The lowest BCUT2D eigenvalue weighted by atomic mass is 10.0. The minimum Gasteiger partial charge on any atom is -0.490 e. The van der Waals surface area contributed by atoms with Crippen LogP contribution < -0.4 is 20.3 Å². The lowest BCUT2D eigenvalue weighted by Gasteiger charge is -2.15. The molecule has 0 bridgehead atoms. The van der Waals surface area contributed by atoms with Crippen LogP contribution in [-0.4, -0.2) is 32.3 Å².